The van der Waals surface area contributed by atoms with Crippen molar-refractivity contribution in [1.29, 1.82) is 0 Å². The van der Waals surface area contributed by atoms with E-state index in [-0.39, 0.29) is 5.56 Å². The van der Waals surface area contributed by atoms with E-state index in [1.165, 1.54) is 18.2 Å². The lowest BCUT2D eigenvalue weighted by atomic mass is 10.1. The summed E-state index contributed by atoms with van der Waals surface area (Å²) in [7, 11) is -4.92. The van der Waals surface area contributed by atoms with Gasteiger partial charge in [0.25, 0.3) is 0 Å². The average molecular weight is 323 g/mol. The molecule has 0 heterocycles. The smallest absolute Gasteiger partial charge is 0.367 e. The second kappa shape index (κ2) is 6.14. The molecule has 1 aromatic carbocycles. The zero-order valence-corrected chi connectivity index (χ0v) is 11.4. The normalized spacial score (nSPS) is 11.8. The van der Waals surface area contributed by atoms with Gasteiger partial charge in [-0.15, -0.1) is 0 Å². The lowest BCUT2D eigenvalue weighted by Crippen LogP contribution is -2.35. The summed E-state index contributed by atoms with van der Waals surface area (Å²) in [6, 6.07) is 4.99. The Labute approximate surface area is 118 Å². The van der Waals surface area contributed by atoms with E-state index >= 15 is 0 Å². The molecule has 10 heteroatoms. The van der Waals surface area contributed by atoms with Gasteiger partial charge in [-0.1, -0.05) is 12.1 Å². The zero-order valence-electron chi connectivity index (χ0n) is 10.5. The first-order chi connectivity index (χ1) is 9.60. The third-order valence-electron chi connectivity index (χ3n) is 2.29. The molecule has 0 aliphatic rings. The van der Waals surface area contributed by atoms with Crippen LogP contribution in [0.15, 0.2) is 24.3 Å². The van der Waals surface area contributed by atoms with Crippen LogP contribution in [0.1, 0.15) is 20.7 Å². The van der Waals surface area contributed by atoms with E-state index in [1.807, 2.05) is 0 Å². The Morgan fingerprint density at radius 1 is 1.19 bits per heavy atom. The van der Waals surface area contributed by atoms with Crippen LogP contribution in [-0.2, 0) is 19.6 Å². The summed E-state index contributed by atoms with van der Waals surface area (Å²) >= 11 is 0. The molecule has 0 amide bonds. The van der Waals surface area contributed by atoms with Crippen LogP contribution in [-0.4, -0.2) is 43.9 Å². The number of esters is 2. The molecule has 1 aromatic rings. The number of alkyl halides is 2. The number of rotatable bonds is 5. The van der Waals surface area contributed by atoms with Crippen LogP contribution in [0.4, 0.5) is 8.78 Å². The second-order valence-corrected chi connectivity index (χ2v) is 5.21. The molecule has 0 spiro atoms. The summed E-state index contributed by atoms with van der Waals surface area (Å²) in [6.45, 7) is -1.95. The maximum atomic E-state index is 12.9. The highest BCUT2D eigenvalue weighted by Gasteiger charge is 2.39. The Bertz CT molecular complexity index is 654. The molecule has 0 saturated heterocycles. The molecule has 7 nitrogen and oxygen atoms in total. The maximum Gasteiger partial charge on any atom is 0.367 e. The first kappa shape index (κ1) is 17.0. The van der Waals surface area contributed by atoms with E-state index in [9.17, 15) is 31.3 Å². The molecular formula is C11H9F2O7S-. The van der Waals surface area contributed by atoms with Gasteiger partial charge >= 0.3 is 17.2 Å². The van der Waals surface area contributed by atoms with Gasteiger partial charge in [0.05, 0.1) is 18.2 Å². The molecule has 116 valence electrons. The summed E-state index contributed by atoms with van der Waals surface area (Å²) in [4.78, 5) is 23.0. The molecule has 21 heavy (non-hydrogen) atoms. The molecule has 0 bridgehead atoms. The van der Waals surface area contributed by atoms with Crippen molar-refractivity contribution in [3.63, 3.8) is 0 Å². The van der Waals surface area contributed by atoms with Crippen molar-refractivity contribution in [3.05, 3.63) is 35.4 Å². The predicted molar refractivity (Wildman–Crippen MR) is 62.7 cm³/mol. The number of carbonyl (C=O) groups excluding carboxylic acids is 2. The molecule has 0 fully saturated rings. The van der Waals surface area contributed by atoms with Gasteiger partial charge in [-0.2, -0.15) is 8.78 Å². The fourth-order valence-corrected chi connectivity index (χ4v) is 1.45. The number of ether oxygens (including phenoxy) is 2. The van der Waals surface area contributed by atoms with Crippen molar-refractivity contribution >= 4 is 22.1 Å². The Morgan fingerprint density at radius 2 is 1.67 bits per heavy atom. The van der Waals surface area contributed by atoms with Gasteiger partial charge in [0.15, 0.2) is 16.7 Å². The number of methoxy groups -OCH3 is 1. The van der Waals surface area contributed by atoms with Crippen LogP contribution in [0.2, 0.25) is 0 Å². The van der Waals surface area contributed by atoms with Gasteiger partial charge in [-0.25, -0.2) is 18.0 Å². The lowest BCUT2D eigenvalue weighted by molar-refractivity contribution is -0.0101. The number of hydrogen-bond acceptors (Lipinski definition) is 7. The Balaban J connectivity index is 2.94. The van der Waals surface area contributed by atoms with Crippen LogP contribution in [0.25, 0.3) is 0 Å². The van der Waals surface area contributed by atoms with E-state index in [0.29, 0.717) is 0 Å². The minimum Gasteiger partial charge on any atom is -0.743 e. The van der Waals surface area contributed by atoms with Gasteiger partial charge in [0, 0.05) is 0 Å². The SMILES string of the molecule is COC(=O)c1ccccc1C(=O)OCC(F)(F)S(=O)(=O)[O-]. The molecule has 0 aliphatic carbocycles. The maximum absolute atomic E-state index is 12.9. The fraction of sp³-hybridized carbons (Fsp3) is 0.273. The number of carbonyl (C=O) groups is 2. The van der Waals surface area contributed by atoms with Gasteiger partial charge in [0.1, 0.15) is 0 Å². The molecule has 0 aliphatic heterocycles. The minimum atomic E-state index is -5.96. The van der Waals surface area contributed by atoms with Gasteiger partial charge in [-0.3, -0.25) is 0 Å². The molecule has 0 aromatic heterocycles. The molecule has 0 atom stereocenters. The molecular weight excluding hydrogens is 314 g/mol. The third kappa shape index (κ3) is 3.95. The van der Waals surface area contributed by atoms with E-state index in [1.54, 1.807) is 0 Å². The van der Waals surface area contributed by atoms with Crippen molar-refractivity contribution in [3.8, 4) is 0 Å². The quantitative estimate of drug-likeness (QED) is 0.581. The Morgan fingerprint density at radius 3 is 2.10 bits per heavy atom. The number of hydrogen-bond donors (Lipinski definition) is 0. The minimum absolute atomic E-state index is 0.252. The summed E-state index contributed by atoms with van der Waals surface area (Å²) in [6.07, 6.45) is 0. The Kier molecular flexibility index (Phi) is 4.97. The number of halogens is 2. The van der Waals surface area contributed by atoms with E-state index in [4.69, 9.17) is 0 Å². The summed E-state index contributed by atoms with van der Waals surface area (Å²) in [5.41, 5.74) is -0.651. The average Bonchev–Trinajstić information content (AvgIpc) is 2.42. The molecule has 0 unspecified atom stereocenters. The van der Waals surface area contributed by atoms with Crippen molar-refractivity contribution in [2.24, 2.45) is 0 Å². The van der Waals surface area contributed by atoms with Crippen molar-refractivity contribution < 1.29 is 40.8 Å². The topological polar surface area (TPSA) is 110 Å². The van der Waals surface area contributed by atoms with E-state index in [2.05, 4.69) is 9.47 Å². The summed E-state index contributed by atoms with van der Waals surface area (Å²) in [5.74, 6) is -2.30. The molecule has 0 N–H and O–H groups in total. The summed E-state index contributed by atoms with van der Waals surface area (Å²) in [5, 5.41) is -4.76. The van der Waals surface area contributed by atoms with Crippen molar-refractivity contribution in [2.45, 2.75) is 5.25 Å². The van der Waals surface area contributed by atoms with Gasteiger partial charge in [0.2, 0.25) is 0 Å². The van der Waals surface area contributed by atoms with Gasteiger partial charge in [-0.05, 0) is 12.1 Å². The fourth-order valence-electron chi connectivity index (χ4n) is 1.25. The van der Waals surface area contributed by atoms with Gasteiger partial charge < -0.3 is 14.0 Å². The van der Waals surface area contributed by atoms with Crippen LogP contribution in [0.3, 0.4) is 0 Å². The van der Waals surface area contributed by atoms with Crippen LogP contribution < -0.4 is 0 Å². The highest BCUT2D eigenvalue weighted by atomic mass is 32.2. The van der Waals surface area contributed by atoms with Crippen LogP contribution in [0.5, 0.6) is 0 Å². The van der Waals surface area contributed by atoms with Crippen LogP contribution in [0, 0.1) is 0 Å². The van der Waals surface area contributed by atoms with E-state index in [0.717, 1.165) is 13.2 Å². The highest BCUT2D eigenvalue weighted by Crippen LogP contribution is 2.21. The first-order valence-corrected chi connectivity index (χ1v) is 6.68. The predicted octanol–water partition coefficient (Wildman–Crippen LogP) is 0.768. The first-order valence-electron chi connectivity index (χ1n) is 5.28. The molecule has 1 rings (SSSR count). The van der Waals surface area contributed by atoms with Crippen LogP contribution >= 0.6 is 0 Å². The Hall–Kier alpha value is -2.07. The third-order valence-corrected chi connectivity index (χ3v) is 3.14. The second-order valence-electron chi connectivity index (χ2n) is 3.70. The highest BCUT2D eigenvalue weighted by molar-refractivity contribution is 7.86. The monoisotopic (exact) mass is 323 g/mol. The van der Waals surface area contributed by atoms with Crippen molar-refractivity contribution in [1.82, 2.24) is 0 Å². The van der Waals surface area contributed by atoms with E-state index < -0.39 is 39.5 Å². The largest absolute Gasteiger partial charge is 0.743 e. The number of benzene rings is 1. The standard InChI is InChI=1S/C11H10F2O7S/c1-19-9(14)7-4-2-3-5-8(7)10(15)20-6-11(12,13)21(16,17)18/h2-5H,6H2,1H3,(H,16,17,18)/p-1. The zero-order chi connectivity index (χ0) is 16.3. The lowest BCUT2D eigenvalue weighted by Gasteiger charge is -2.19. The molecule has 0 radical (unpaired) electrons. The van der Waals surface area contributed by atoms with Crippen molar-refractivity contribution in [2.75, 3.05) is 13.7 Å². The summed E-state index contributed by atoms with van der Waals surface area (Å²) < 4.78 is 64.9. The molecule has 0 saturated carbocycles.